The predicted molar refractivity (Wildman–Crippen MR) is 138 cm³/mol. The zero-order valence-electron chi connectivity index (χ0n) is 19.9. The summed E-state index contributed by atoms with van der Waals surface area (Å²) in [5.74, 6) is 0. The van der Waals surface area contributed by atoms with Gasteiger partial charge in [-0.1, -0.05) is 60.7 Å². The maximum absolute atomic E-state index is 10.3. The fourth-order valence-corrected chi connectivity index (χ4v) is 2.16. The molecule has 0 radical (unpaired) electrons. The van der Waals surface area contributed by atoms with Gasteiger partial charge in [0.05, 0.1) is 9.79 Å². The molecule has 0 unspecified atom stereocenters. The van der Waals surface area contributed by atoms with E-state index in [0.717, 1.165) is 0 Å². The number of hydrogen-bond acceptors (Lipinski definition) is 6. The Kier molecular flexibility index (Phi) is 36.0. The van der Waals surface area contributed by atoms with E-state index in [-0.39, 0.29) is 47.5 Å². The summed E-state index contributed by atoms with van der Waals surface area (Å²) in [4.78, 5) is -0.370. The zero-order valence-corrected chi connectivity index (χ0v) is 23.7. The van der Waals surface area contributed by atoms with Crippen LogP contribution >= 0.6 is 0 Å². The van der Waals surface area contributed by atoms with E-state index in [1.807, 2.05) is 27.7 Å². The molecular formula is C24H34CaO6S2. The Labute approximate surface area is 231 Å². The smallest absolute Gasteiger partial charge is 0.744 e. The molecule has 0 fully saturated rings. The largest absolute Gasteiger partial charge is 2.00 e. The third-order valence-electron chi connectivity index (χ3n) is 2.06. The molecule has 0 aromatic heterocycles. The second kappa shape index (κ2) is 28.5. The summed E-state index contributed by atoms with van der Waals surface area (Å²) in [5, 5.41) is 0. The van der Waals surface area contributed by atoms with Crippen molar-refractivity contribution in [3.8, 4) is 0 Å². The van der Waals surface area contributed by atoms with Crippen LogP contribution in [0.2, 0.25) is 0 Å². The standard InChI is InChI=1S/2C6H6O3S.4C3H6.Ca/c2*7-10(8,9)6-4-2-1-3-5-6;4*1-3-2;/h2*1-5H,(H,7,8,9);4*3H,1H2,2H3;/q;;;;;;+2/p-2. The minimum atomic E-state index is -4.25. The summed E-state index contributed by atoms with van der Waals surface area (Å²) < 4.78 is 61.7. The molecule has 0 aliphatic rings. The molecule has 0 heterocycles. The van der Waals surface area contributed by atoms with Crippen LogP contribution in [0.25, 0.3) is 0 Å². The molecule has 2 aromatic carbocycles. The van der Waals surface area contributed by atoms with Gasteiger partial charge in [-0.25, -0.2) is 16.8 Å². The van der Waals surface area contributed by atoms with Gasteiger partial charge in [0, 0.05) is 0 Å². The van der Waals surface area contributed by atoms with Gasteiger partial charge < -0.3 is 9.11 Å². The van der Waals surface area contributed by atoms with Crippen molar-refractivity contribution in [1.82, 2.24) is 0 Å². The first-order valence-electron chi connectivity index (χ1n) is 9.17. The summed E-state index contributed by atoms with van der Waals surface area (Å²) in [6.07, 6.45) is 7.00. The molecule has 9 heteroatoms. The Balaban J connectivity index is -0.000000106. The molecule has 0 amide bonds. The maximum atomic E-state index is 10.3. The van der Waals surface area contributed by atoms with E-state index in [1.54, 1.807) is 36.4 Å². The molecule has 0 bridgehead atoms. The minimum Gasteiger partial charge on any atom is -0.744 e. The van der Waals surface area contributed by atoms with E-state index in [9.17, 15) is 25.9 Å². The molecule has 2 rings (SSSR count). The molecular weight excluding hydrogens is 488 g/mol. The van der Waals surface area contributed by atoms with Gasteiger partial charge in [-0.15, -0.1) is 26.3 Å². The van der Waals surface area contributed by atoms with Crippen molar-refractivity contribution in [2.45, 2.75) is 37.5 Å². The van der Waals surface area contributed by atoms with Gasteiger partial charge in [0.25, 0.3) is 0 Å². The quantitative estimate of drug-likeness (QED) is 0.289. The summed E-state index contributed by atoms with van der Waals surface area (Å²) >= 11 is 0. The summed E-state index contributed by atoms with van der Waals surface area (Å²) in [6.45, 7) is 21.0. The van der Waals surface area contributed by atoms with Crippen molar-refractivity contribution in [3.63, 3.8) is 0 Å². The number of rotatable bonds is 2. The molecule has 0 aliphatic heterocycles. The Morgan fingerprint density at radius 2 is 0.697 bits per heavy atom. The minimum absolute atomic E-state index is 0. The van der Waals surface area contributed by atoms with E-state index in [4.69, 9.17) is 0 Å². The van der Waals surface area contributed by atoms with Crippen LogP contribution in [0.1, 0.15) is 27.7 Å². The Morgan fingerprint density at radius 3 is 0.788 bits per heavy atom. The first-order valence-corrected chi connectivity index (χ1v) is 12.0. The molecule has 2 aromatic rings. The molecule has 0 saturated carbocycles. The van der Waals surface area contributed by atoms with E-state index in [0.29, 0.717) is 0 Å². The predicted octanol–water partition coefficient (Wildman–Crippen LogP) is 5.57. The monoisotopic (exact) mass is 522 g/mol. The molecule has 0 N–H and O–H groups in total. The summed E-state index contributed by atoms with van der Waals surface area (Å²) in [7, 11) is -8.51. The van der Waals surface area contributed by atoms with Gasteiger partial charge in [-0.05, 0) is 52.0 Å². The normalized spacial score (nSPS) is 8.42. The fourth-order valence-electron chi connectivity index (χ4n) is 1.17. The van der Waals surface area contributed by atoms with Crippen LogP contribution in [0.5, 0.6) is 0 Å². The van der Waals surface area contributed by atoms with Crippen LogP contribution in [-0.2, 0) is 20.2 Å². The Hall–Kier alpha value is -1.52. The van der Waals surface area contributed by atoms with E-state index in [1.165, 1.54) is 48.5 Å². The Bertz CT molecular complexity index is 834. The average molecular weight is 523 g/mol. The van der Waals surface area contributed by atoms with E-state index >= 15 is 0 Å². The molecule has 6 nitrogen and oxygen atoms in total. The van der Waals surface area contributed by atoms with Crippen LogP contribution in [0.3, 0.4) is 0 Å². The molecule has 180 valence electrons. The summed E-state index contributed by atoms with van der Waals surface area (Å²) in [6, 6.07) is 14.4. The van der Waals surface area contributed by atoms with Crippen LogP contribution < -0.4 is 0 Å². The van der Waals surface area contributed by atoms with E-state index in [2.05, 4.69) is 26.3 Å². The number of allylic oxidation sites excluding steroid dienone is 4. The topological polar surface area (TPSA) is 114 Å². The van der Waals surface area contributed by atoms with Crippen LogP contribution in [-0.4, -0.2) is 63.7 Å². The second-order valence-electron chi connectivity index (χ2n) is 5.17. The second-order valence-corrected chi connectivity index (χ2v) is 7.93. The first-order chi connectivity index (χ1) is 14.9. The van der Waals surface area contributed by atoms with Crippen molar-refractivity contribution in [3.05, 3.63) is 111 Å². The Morgan fingerprint density at radius 1 is 0.545 bits per heavy atom. The molecule has 0 aliphatic carbocycles. The first kappa shape index (κ1) is 41.7. The van der Waals surface area contributed by atoms with Crippen molar-refractivity contribution in [1.29, 1.82) is 0 Å². The van der Waals surface area contributed by atoms with Crippen LogP contribution in [0.15, 0.2) is 121 Å². The van der Waals surface area contributed by atoms with Crippen molar-refractivity contribution < 1.29 is 25.9 Å². The van der Waals surface area contributed by atoms with Gasteiger partial charge in [0.1, 0.15) is 20.2 Å². The van der Waals surface area contributed by atoms with Gasteiger partial charge in [0.15, 0.2) is 0 Å². The molecule has 0 atom stereocenters. The third kappa shape index (κ3) is 35.3. The van der Waals surface area contributed by atoms with E-state index < -0.39 is 20.2 Å². The van der Waals surface area contributed by atoms with Crippen molar-refractivity contribution in [2.24, 2.45) is 0 Å². The third-order valence-corrected chi connectivity index (χ3v) is 3.76. The van der Waals surface area contributed by atoms with Crippen molar-refractivity contribution in [2.75, 3.05) is 0 Å². The molecule has 0 spiro atoms. The fraction of sp³-hybridized carbons (Fsp3) is 0.167. The van der Waals surface area contributed by atoms with Gasteiger partial charge in [0.2, 0.25) is 0 Å². The molecule has 33 heavy (non-hydrogen) atoms. The SMILES string of the molecule is C=CC.C=CC.C=CC.C=CC.O=S(=O)([O-])c1ccccc1.O=S(=O)([O-])c1ccccc1.[Ca+2]. The van der Waals surface area contributed by atoms with Crippen LogP contribution in [0, 0.1) is 0 Å². The summed E-state index contributed by atoms with van der Waals surface area (Å²) in [5.41, 5.74) is 0. The number of benzene rings is 2. The maximum Gasteiger partial charge on any atom is 2.00 e. The average Bonchev–Trinajstić information content (AvgIpc) is 2.71. The van der Waals surface area contributed by atoms with Crippen molar-refractivity contribution >= 4 is 58.0 Å². The van der Waals surface area contributed by atoms with Gasteiger partial charge >= 0.3 is 37.7 Å². The zero-order chi connectivity index (χ0) is 26.1. The number of hydrogen-bond donors (Lipinski definition) is 0. The molecule has 0 saturated heterocycles. The van der Waals surface area contributed by atoms with Gasteiger partial charge in [-0.3, -0.25) is 0 Å². The van der Waals surface area contributed by atoms with Crippen LogP contribution in [0.4, 0.5) is 0 Å². The van der Waals surface area contributed by atoms with Gasteiger partial charge in [-0.2, -0.15) is 0 Å².